The fourth-order valence-corrected chi connectivity index (χ4v) is 7.25. The smallest absolute Gasteiger partial charge is 0.387 e. The number of phosphoric ester groups is 1. The molecule has 0 aromatic heterocycles. The van der Waals surface area contributed by atoms with Crippen molar-refractivity contribution < 1.29 is 32.9 Å². The molecule has 54 heavy (non-hydrogen) atoms. The van der Waals surface area contributed by atoms with Crippen molar-refractivity contribution in [2.45, 2.75) is 219 Å². The molecule has 0 aliphatic heterocycles. The van der Waals surface area contributed by atoms with Gasteiger partial charge in [0.25, 0.3) is 0 Å². The molecule has 0 saturated carbocycles. The summed E-state index contributed by atoms with van der Waals surface area (Å²) in [4.78, 5) is 23.1. The van der Waals surface area contributed by atoms with Crippen LogP contribution in [0.1, 0.15) is 206 Å². The SMILES string of the molecule is CCC/C=C/CCCCCCCC/C=C/[C@@H](O)[C@H](COP(=O)(O)OCC[N+](C)(C)C)NC(=O)CCCCCCCCCCCCCCCCCCCCC. The fraction of sp³-hybridized carbons (Fsp3) is 0.889. The van der Waals surface area contributed by atoms with Gasteiger partial charge in [0.1, 0.15) is 13.2 Å². The van der Waals surface area contributed by atoms with Gasteiger partial charge in [-0.3, -0.25) is 13.8 Å². The van der Waals surface area contributed by atoms with Gasteiger partial charge >= 0.3 is 7.82 Å². The number of phosphoric acid groups is 1. The molecule has 3 N–H and O–H groups in total. The summed E-state index contributed by atoms with van der Waals surface area (Å²) in [6.45, 7) is 4.77. The van der Waals surface area contributed by atoms with Gasteiger partial charge in [-0.25, -0.2) is 4.57 Å². The number of likely N-dealkylation sites (N-methyl/N-ethyl adjacent to an activating group) is 1. The highest BCUT2D eigenvalue weighted by Crippen LogP contribution is 2.43. The predicted molar refractivity (Wildman–Crippen MR) is 231 cm³/mol. The van der Waals surface area contributed by atoms with Crippen molar-refractivity contribution in [3.63, 3.8) is 0 Å². The van der Waals surface area contributed by atoms with Crippen molar-refractivity contribution in [2.75, 3.05) is 40.9 Å². The normalized spacial score (nSPS) is 14.6. The third-order valence-electron chi connectivity index (χ3n) is 10.1. The van der Waals surface area contributed by atoms with Crippen LogP contribution in [-0.4, -0.2) is 73.4 Å². The Hall–Kier alpha value is -1.02. The van der Waals surface area contributed by atoms with Crippen molar-refractivity contribution in [1.29, 1.82) is 0 Å². The Morgan fingerprint density at radius 1 is 0.611 bits per heavy atom. The summed E-state index contributed by atoms with van der Waals surface area (Å²) in [7, 11) is 1.57. The maximum Gasteiger partial charge on any atom is 0.472 e. The molecule has 1 amide bonds. The predicted octanol–water partition coefficient (Wildman–Crippen LogP) is 12.5. The van der Waals surface area contributed by atoms with Gasteiger partial charge in [-0.05, 0) is 38.5 Å². The number of amides is 1. The van der Waals surface area contributed by atoms with Gasteiger partial charge in [0.05, 0.1) is 39.9 Å². The van der Waals surface area contributed by atoms with E-state index >= 15 is 0 Å². The lowest BCUT2D eigenvalue weighted by Gasteiger charge is -2.25. The van der Waals surface area contributed by atoms with E-state index < -0.39 is 20.0 Å². The Bertz CT molecular complexity index is 938. The average Bonchev–Trinajstić information content (AvgIpc) is 3.12. The second-order valence-corrected chi connectivity index (χ2v) is 18.2. The number of carbonyl (C=O) groups is 1. The Balaban J connectivity index is 4.34. The average molecular weight is 786 g/mol. The Kier molecular flexibility index (Phi) is 36.8. The Labute approximate surface area is 334 Å². The largest absolute Gasteiger partial charge is 0.472 e. The first kappa shape index (κ1) is 53.0. The number of allylic oxidation sites excluding steroid dienone is 3. The van der Waals surface area contributed by atoms with Crippen LogP contribution in [0.25, 0.3) is 0 Å². The second-order valence-electron chi connectivity index (χ2n) is 16.8. The summed E-state index contributed by atoms with van der Waals surface area (Å²) in [5, 5.41) is 13.8. The summed E-state index contributed by atoms with van der Waals surface area (Å²) < 4.78 is 23.5. The van der Waals surface area contributed by atoms with Crippen molar-refractivity contribution >= 4 is 13.7 Å². The maximum atomic E-state index is 12.9. The number of aliphatic hydroxyl groups excluding tert-OH is 1. The van der Waals surface area contributed by atoms with Crippen LogP contribution >= 0.6 is 7.82 Å². The summed E-state index contributed by atoms with van der Waals surface area (Å²) in [6.07, 6.45) is 43.9. The molecule has 8 nitrogen and oxygen atoms in total. The van der Waals surface area contributed by atoms with Crippen LogP contribution in [0.3, 0.4) is 0 Å². The van der Waals surface area contributed by atoms with Crippen LogP contribution in [0.4, 0.5) is 0 Å². The summed E-state index contributed by atoms with van der Waals surface area (Å²) in [5.41, 5.74) is 0. The first-order valence-electron chi connectivity index (χ1n) is 22.7. The molecule has 0 bridgehead atoms. The molecule has 3 atom stereocenters. The van der Waals surface area contributed by atoms with Gasteiger partial charge < -0.3 is 19.8 Å². The third kappa shape index (κ3) is 39.2. The van der Waals surface area contributed by atoms with Crippen molar-refractivity contribution in [3.05, 3.63) is 24.3 Å². The number of hydrogen-bond acceptors (Lipinski definition) is 5. The maximum absolute atomic E-state index is 12.9. The van der Waals surface area contributed by atoms with E-state index in [0.717, 1.165) is 38.5 Å². The number of rotatable bonds is 41. The van der Waals surface area contributed by atoms with Crippen molar-refractivity contribution in [3.8, 4) is 0 Å². The molecule has 9 heteroatoms. The highest BCUT2D eigenvalue weighted by atomic mass is 31.2. The van der Waals surface area contributed by atoms with Crippen LogP contribution in [0.5, 0.6) is 0 Å². The van der Waals surface area contributed by atoms with Crippen LogP contribution in [0, 0.1) is 0 Å². The van der Waals surface area contributed by atoms with E-state index in [1.165, 1.54) is 148 Å². The number of aliphatic hydroxyl groups is 1. The molecular formula is C45H90N2O6P+. The summed E-state index contributed by atoms with van der Waals surface area (Å²) in [6, 6.07) is -0.845. The van der Waals surface area contributed by atoms with E-state index in [4.69, 9.17) is 9.05 Å². The number of nitrogens with one attached hydrogen (secondary N) is 1. The molecule has 1 unspecified atom stereocenters. The first-order chi connectivity index (χ1) is 26.0. The Morgan fingerprint density at radius 2 is 1.04 bits per heavy atom. The van der Waals surface area contributed by atoms with Gasteiger partial charge in [-0.1, -0.05) is 186 Å². The van der Waals surface area contributed by atoms with Crippen molar-refractivity contribution in [2.24, 2.45) is 0 Å². The molecule has 0 aromatic carbocycles. The standard InChI is InChI=1S/C45H89N2O6P/c1-6-8-10-12-14-16-18-20-21-22-23-24-25-27-29-31-33-35-37-39-45(49)46-43(42-53-54(50,51)52-41-40-47(3,4)5)44(48)38-36-34-32-30-28-26-19-17-15-13-11-9-7-2/h11,13,36,38,43-44,48H,6-10,12,14-35,37,39-42H2,1-5H3,(H-,46,49,50,51)/p+1/b13-11+,38-36+/t43-,44+/m0/s1. The number of nitrogens with zero attached hydrogens (tertiary/aromatic N) is 1. The lowest BCUT2D eigenvalue weighted by molar-refractivity contribution is -0.870. The molecule has 0 saturated heterocycles. The van der Waals surface area contributed by atoms with Gasteiger partial charge in [0, 0.05) is 6.42 Å². The highest BCUT2D eigenvalue weighted by molar-refractivity contribution is 7.47. The fourth-order valence-electron chi connectivity index (χ4n) is 6.51. The number of hydrogen-bond donors (Lipinski definition) is 3. The third-order valence-corrected chi connectivity index (χ3v) is 11.1. The van der Waals surface area contributed by atoms with Crippen LogP contribution in [0.2, 0.25) is 0 Å². The molecule has 0 spiro atoms. The molecule has 0 heterocycles. The minimum absolute atomic E-state index is 0.0617. The highest BCUT2D eigenvalue weighted by Gasteiger charge is 2.27. The first-order valence-corrected chi connectivity index (χ1v) is 24.2. The van der Waals surface area contributed by atoms with Gasteiger partial charge in [0.15, 0.2) is 0 Å². The van der Waals surface area contributed by atoms with E-state index in [-0.39, 0.29) is 19.1 Å². The molecule has 0 fully saturated rings. The van der Waals surface area contributed by atoms with Crippen molar-refractivity contribution in [1.82, 2.24) is 5.32 Å². The monoisotopic (exact) mass is 786 g/mol. The topological polar surface area (TPSA) is 105 Å². The summed E-state index contributed by atoms with van der Waals surface area (Å²) in [5.74, 6) is -0.178. The molecule has 0 aliphatic carbocycles. The van der Waals surface area contributed by atoms with Crippen LogP contribution in [-0.2, 0) is 18.4 Å². The molecular weight excluding hydrogens is 695 g/mol. The zero-order valence-corrected chi connectivity index (χ0v) is 37.1. The molecule has 0 rings (SSSR count). The molecule has 0 radical (unpaired) electrons. The minimum Gasteiger partial charge on any atom is -0.387 e. The summed E-state index contributed by atoms with van der Waals surface area (Å²) >= 11 is 0. The molecule has 320 valence electrons. The number of quaternary nitrogens is 1. The molecule has 0 aliphatic rings. The van der Waals surface area contributed by atoms with Gasteiger partial charge in [-0.15, -0.1) is 0 Å². The van der Waals surface area contributed by atoms with Gasteiger partial charge in [-0.2, -0.15) is 0 Å². The second kappa shape index (κ2) is 37.6. The van der Waals surface area contributed by atoms with E-state index in [9.17, 15) is 19.4 Å². The van der Waals surface area contributed by atoms with E-state index in [1.54, 1.807) is 6.08 Å². The minimum atomic E-state index is -4.33. The Morgan fingerprint density at radius 3 is 1.50 bits per heavy atom. The van der Waals surface area contributed by atoms with E-state index in [0.29, 0.717) is 17.4 Å². The zero-order chi connectivity index (χ0) is 40.0. The van der Waals surface area contributed by atoms with Crippen LogP contribution < -0.4 is 5.32 Å². The van der Waals surface area contributed by atoms with E-state index in [2.05, 4.69) is 31.3 Å². The van der Waals surface area contributed by atoms with E-state index in [1.807, 2.05) is 27.2 Å². The van der Waals surface area contributed by atoms with Crippen LogP contribution in [0.15, 0.2) is 24.3 Å². The zero-order valence-electron chi connectivity index (χ0n) is 36.2. The quantitative estimate of drug-likeness (QED) is 0.0247. The number of unbranched alkanes of at least 4 members (excludes halogenated alkanes) is 26. The van der Waals surface area contributed by atoms with Gasteiger partial charge in [0.2, 0.25) is 5.91 Å². The molecule has 0 aromatic rings. The number of carbonyl (C=O) groups excluding carboxylic acids is 1. The lowest BCUT2D eigenvalue weighted by atomic mass is 10.0. The lowest BCUT2D eigenvalue weighted by Crippen LogP contribution is -2.45.